The predicted octanol–water partition coefficient (Wildman–Crippen LogP) is 3.75. The van der Waals surface area contributed by atoms with Crippen LogP contribution in [0.15, 0.2) is 55.4 Å². The van der Waals surface area contributed by atoms with Crippen LogP contribution in [0.1, 0.15) is 0 Å². The fourth-order valence-electron chi connectivity index (χ4n) is 2.34. The topological polar surface area (TPSA) is 68.5 Å². The molecule has 0 spiro atoms. The zero-order valence-electron chi connectivity index (χ0n) is 12.2. The summed E-state index contributed by atoms with van der Waals surface area (Å²) in [6, 6.07) is 10.1. The Morgan fingerprint density at radius 1 is 1.04 bits per heavy atom. The summed E-state index contributed by atoms with van der Waals surface area (Å²) in [4.78, 5) is 12.5. The van der Waals surface area contributed by atoms with Gasteiger partial charge in [0.1, 0.15) is 30.6 Å². The van der Waals surface area contributed by atoms with Crippen LogP contribution in [0.25, 0.3) is 16.6 Å². The second-order valence-electron chi connectivity index (χ2n) is 5.02. The molecule has 1 N–H and O–H groups in total. The summed E-state index contributed by atoms with van der Waals surface area (Å²) in [5, 5.41) is 8.09. The van der Waals surface area contributed by atoms with Gasteiger partial charge in [-0.15, -0.1) is 0 Å². The molecule has 0 bridgehead atoms. The average Bonchev–Trinajstić information content (AvgIpc) is 3.13. The molecule has 118 valence electrons. The average molecular weight is 341 g/mol. The highest BCUT2D eigenvalue weighted by Gasteiger charge is 2.08. The first-order valence-electron chi connectivity index (χ1n) is 7.02. The van der Waals surface area contributed by atoms with Gasteiger partial charge in [0.25, 0.3) is 0 Å². The van der Waals surface area contributed by atoms with Gasteiger partial charge in [0.2, 0.25) is 0 Å². The molecule has 4 aromatic rings. The van der Waals surface area contributed by atoms with E-state index in [1.54, 1.807) is 17.1 Å². The lowest BCUT2D eigenvalue weighted by atomic mass is 10.2. The van der Waals surface area contributed by atoms with Crippen molar-refractivity contribution in [3.8, 4) is 5.69 Å². The quantitative estimate of drug-likeness (QED) is 0.615. The lowest BCUT2D eigenvalue weighted by Crippen LogP contribution is -1.99. The van der Waals surface area contributed by atoms with E-state index in [-0.39, 0.29) is 5.02 Å². The van der Waals surface area contributed by atoms with Crippen LogP contribution in [0.2, 0.25) is 5.02 Å². The van der Waals surface area contributed by atoms with Crippen LogP contribution in [-0.2, 0) is 0 Å². The molecule has 0 saturated heterocycles. The summed E-state index contributed by atoms with van der Waals surface area (Å²) in [6.45, 7) is 0. The van der Waals surface area contributed by atoms with Crippen molar-refractivity contribution in [3.05, 3.63) is 66.2 Å². The van der Waals surface area contributed by atoms with Crippen molar-refractivity contribution in [1.82, 2.24) is 24.7 Å². The van der Waals surface area contributed by atoms with Gasteiger partial charge in [-0.3, -0.25) is 0 Å². The Bertz CT molecular complexity index is 1020. The largest absolute Gasteiger partial charge is 0.340 e. The van der Waals surface area contributed by atoms with E-state index in [2.05, 4.69) is 25.4 Å². The second-order valence-corrected chi connectivity index (χ2v) is 5.42. The van der Waals surface area contributed by atoms with Crippen molar-refractivity contribution in [1.29, 1.82) is 0 Å². The van der Waals surface area contributed by atoms with E-state index < -0.39 is 5.82 Å². The molecule has 2 heterocycles. The van der Waals surface area contributed by atoms with Gasteiger partial charge in [0.05, 0.1) is 16.2 Å². The third-order valence-corrected chi connectivity index (χ3v) is 3.77. The molecule has 0 fully saturated rings. The van der Waals surface area contributed by atoms with Crippen molar-refractivity contribution >= 4 is 34.0 Å². The first-order chi connectivity index (χ1) is 11.7. The molecule has 0 saturated carbocycles. The minimum Gasteiger partial charge on any atom is -0.340 e. The number of benzene rings is 2. The van der Waals surface area contributed by atoms with Crippen LogP contribution in [0.4, 0.5) is 15.9 Å². The number of aromatic nitrogens is 5. The smallest absolute Gasteiger partial charge is 0.141 e. The van der Waals surface area contributed by atoms with Gasteiger partial charge in [-0.1, -0.05) is 11.6 Å². The van der Waals surface area contributed by atoms with Crippen LogP contribution in [-0.4, -0.2) is 24.7 Å². The first-order valence-corrected chi connectivity index (χ1v) is 7.40. The standard InChI is InChI=1S/C16H10ClFN6/c17-13-5-10(1-3-14(13)18)23-16-12-6-11(24-9-19-7-22-24)2-4-15(12)20-8-21-16/h1-9H,(H,20,21,23). The van der Waals surface area contributed by atoms with E-state index in [4.69, 9.17) is 11.6 Å². The molecule has 0 aliphatic carbocycles. The molecular weight excluding hydrogens is 331 g/mol. The molecule has 4 rings (SSSR count). The predicted molar refractivity (Wildman–Crippen MR) is 89.1 cm³/mol. The summed E-state index contributed by atoms with van der Waals surface area (Å²) in [5.74, 6) is 0.118. The highest BCUT2D eigenvalue weighted by molar-refractivity contribution is 6.31. The summed E-state index contributed by atoms with van der Waals surface area (Å²) in [7, 11) is 0. The summed E-state index contributed by atoms with van der Waals surface area (Å²) < 4.78 is 14.9. The van der Waals surface area contributed by atoms with E-state index >= 15 is 0 Å². The molecule has 0 aliphatic heterocycles. The van der Waals surface area contributed by atoms with Gasteiger partial charge >= 0.3 is 0 Å². The Balaban J connectivity index is 1.79. The van der Waals surface area contributed by atoms with Crippen LogP contribution in [0.5, 0.6) is 0 Å². The van der Waals surface area contributed by atoms with E-state index in [9.17, 15) is 4.39 Å². The van der Waals surface area contributed by atoms with Crippen molar-refractivity contribution in [2.75, 3.05) is 5.32 Å². The van der Waals surface area contributed by atoms with Crippen molar-refractivity contribution in [2.24, 2.45) is 0 Å². The lowest BCUT2D eigenvalue weighted by molar-refractivity contribution is 0.628. The molecule has 2 aromatic heterocycles. The van der Waals surface area contributed by atoms with Gasteiger partial charge in [0, 0.05) is 11.1 Å². The number of nitrogens with one attached hydrogen (secondary N) is 1. The van der Waals surface area contributed by atoms with E-state index in [0.29, 0.717) is 11.5 Å². The van der Waals surface area contributed by atoms with Gasteiger partial charge in [-0.25, -0.2) is 24.0 Å². The zero-order valence-corrected chi connectivity index (χ0v) is 12.9. The lowest BCUT2D eigenvalue weighted by Gasteiger charge is -2.10. The van der Waals surface area contributed by atoms with Crippen molar-refractivity contribution in [2.45, 2.75) is 0 Å². The summed E-state index contributed by atoms with van der Waals surface area (Å²) in [5.41, 5.74) is 2.23. The Morgan fingerprint density at radius 2 is 1.96 bits per heavy atom. The maximum atomic E-state index is 13.3. The van der Waals surface area contributed by atoms with Crippen LogP contribution in [0, 0.1) is 5.82 Å². The third kappa shape index (κ3) is 2.65. The summed E-state index contributed by atoms with van der Waals surface area (Å²) >= 11 is 5.82. The third-order valence-electron chi connectivity index (χ3n) is 3.48. The van der Waals surface area contributed by atoms with Crippen LogP contribution < -0.4 is 5.32 Å². The molecular formula is C16H10ClFN6. The Hall–Kier alpha value is -3.06. The number of hydrogen-bond acceptors (Lipinski definition) is 5. The molecule has 0 radical (unpaired) electrons. The first kappa shape index (κ1) is 14.5. The molecule has 0 atom stereocenters. The number of hydrogen-bond donors (Lipinski definition) is 1. The molecule has 0 unspecified atom stereocenters. The zero-order chi connectivity index (χ0) is 16.5. The fourth-order valence-corrected chi connectivity index (χ4v) is 2.52. The number of anilines is 2. The molecule has 0 aliphatic rings. The van der Waals surface area contributed by atoms with Crippen LogP contribution in [0.3, 0.4) is 0 Å². The molecule has 2 aromatic carbocycles. The number of nitrogens with zero attached hydrogens (tertiary/aromatic N) is 5. The van der Waals surface area contributed by atoms with Crippen molar-refractivity contribution < 1.29 is 4.39 Å². The maximum absolute atomic E-state index is 13.3. The number of rotatable bonds is 3. The Labute approximate surface area is 141 Å². The second kappa shape index (κ2) is 5.86. The van der Waals surface area contributed by atoms with Crippen molar-refractivity contribution in [3.63, 3.8) is 0 Å². The maximum Gasteiger partial charge on any atom is 0.141 e. The molecule has 24 heavy (non-hydrogen) atoms. The normalized spacial score (nSPS) is 10.9. The van der Waals surface area contributed by atoms with Gasteiger partial charge in [-0.05, 0) is 36.4 Å². The number of halogens is 2. The minimum atomic E-state index is -0.469. The SMILES string of the molecule is Fc1ccc(Nc2ncnc3ccc(-n4cncn4)cc23)cc1Cl. The van der Waals surface area contributed by atoms with Gasteiger partial charge in [-0.2, -0.15) is 5.10 Å². The fraction of sp³-hybridized carbons (Fsp3) is 0. The monoisotopic (exact) mass is 340 g/mol. The molecule has 0 amide bonds. The van der Waals surface area contributed by atoms with E-state index in [0.717, 1.165) is 16.6 Å². The van der Waals surface area contributed by atoms with Gasteiger partial charge in [0.15, 0.2) is 0 Å². The Kier molecular flexibility index (Phi) is 3.55. The Morgan fingerprint density at radius 3 is 2.75 bits per heavy atom. The van der Waals surface area contributed by atoms with E-state index in [1.807, 2.05) is 18.2 Å². The number of fused-ring (bicyclic) bond motifs is 1. The molecule has 8 heteroatoms. The summed E-state index contributed by atoms with van der Waals surface area (Å²) in [6.07, 6.45) is 4.54. The molecule has 6 nitrogen and oxygen atoms in total. The minimum absolute atomic E-state index is 0.0432. The van der Waals surface area contributed by atoms with Crippen LogP contribution >= 0.6 is 11.6 Å². The highest BCUT2D eigenvalue weighted by Crippen LogP contribution is 2.27. The highest BCUT2D eigenvalue weighted by atomic mass is 35.5. The van der Waals surface area contributed by atoms with Gasteiger partial charge < -0.3 is 5.32 Å². The van der Waals surface area contributed by atoms with E-state index in [1.165, 1.54) is 24.8 Å².